The topological polar surface area (TPSA) is 147 Å². The summed E-state index contributed by atoms with van der Waals surface area (Å²) in [7, 11) is -4.33. The molecule has 9 nitrogen and oxygen atoms in total. The van der Waals surface area contributed by atoms with Gasteiger partial charge in [-0.25, -0.2) is 8.42 Å². The van der Waals surface area contributed by atoms with Gasteiger partial charge in [0, 0.05) is 12.1 Å². The van der Waals surface area contributed by atoms with E-state index in [1.807, 2.05) is 4.72 Å². The number of nitrogens with zero attached hydrogens (tertiary/aromatic N) is 1. The van der Waals surface area contributed by atoms with Crippen molar-refractivity contribution in [2.24, 2.45) is 0 Å². The number of benzene rings is 1. The maximum Gasteiger partial charge on any atom is 0.324 e. The van der Waals surface area contributed by atoms with E-state index in [1.165, 1.54) is 13.0 Å². The Kier molecular flexibility index (Phi) is 4.99. The molecule has 3 N–H and O–H groups in total. The van der Waals surface area contributed by atoms with Crippen molar-refractivity contribution in [1.29, 1.82) is 0 Å². The third-order valence-electron chi connectivity index (χ3n) is 2.70. The molecule has 0 aliphatic heterocycles. The van der Waals surface area contributed by atoms with Crippen LogP contribution in [0.1, 0.15) is 12.5 Å². The molecule has 0 heterocycles. The number of hydrogen-bond donors (Lipinski definition) is 3. The van der Waals surface area contributed by atoms with Crippen LogP contribution in [0, 0.1) is 17.0 Å². The lowest BCUT2D eigenvalue weighted by atomic mass is 10.2. The molecule has 0 radical (unpaired) electrons. The van der Waals surface area contributed by atoms with E-state index in [2.05, 4.69) is 0 Å². The Bertz CT molecular complexity index is 669. The fourth-order valence-electron chi connectivity index (χ4n) is 1.58. The van der Waals surface area contributed by atoms with Crippen LogP contribution in [0.15, 0.2) is 23.1 Å². The molecule has 0 spiro atoms. The van der Waals surface area contributed by atoms with Crippen LogP contribution in [0.4, 0.5) is 5.69 Å². The van der Waals surface area contributed by atoms with Gasteiger partial charge in [0.05, 0.1) is 15.9 Å². The van der Waals surface area contributed by atoms with E-state index in [4.69, 9.17) is 5.11 Å². The first-order valence-corrected chi connectivity index (χ1v) is 7.23. The quantitative estimate of drug-likeness (QED) is 0.494. The molecule has 0 saturated heterocycles. The fourth-order valence-corrected chi connectivity index (χ4v) is 3.10. The SMILES string of the molecule is Cc1ccc([N+](=O)[O-])cc1S(=O)(=O)NC(C(=O)O)C(C)O. The minimum absolute atomic E-state index is 0.211. The second-order valence-corrected chi connectivity index (χ2v) is 6.07. The lowest BCUT2D eigenvalue weighted by molar-refractivity contribution is -0.385. The van der Waals surface area contributed by atoms with Crippen LogP contribution >= 0.6 is 0 Å². The Hall–Kier alpha value is -2.04. The largest absolute Gasteiger partial charge is 0.480 e. The van der Waals surface area contributed by atoms with Crippen LogP contribution in [-0.4, -0.2) is 41.7 Å². The smallest absolute Gasteiger partial charge is 0.324 e. The summed E-state index contributed by atoms with van der Waals surface area (Å²) in [6.45, 7) is 2.53. The molecule has 2 atom stereocenters. The second kappa shape index (κ2) is 6.16. The van der Waals surface area contributed by atoms with Crippen LogP contribution in [0.3, 0.4) is 0 Å². The number of nitro groups is 1. The van der Waals surface area contributed by atoms with Crippen LogP contribution in [0.2, 0.25) is 0 Å². The molecule has 2 unspecified atom stereocenters. The molecular formula is C11H14N2O7S. The highest BCUT2D eigenvalue weighted by molar-refractivity contribution is 7.89. The zero-order valence-corrected chi connectivity index (χ0v) is 12.0. The van der Waals surface area contributed by atoms with Crippen molar-refractivity contribution in [3.05, 3.63) is 33.9 Å². The Morgan fingerprint density at radius 2 is 2.00 bits per heavy atom. The first-order chi connectivity index (χ1) is 9.56. The highest BCUT2D eigenvalue weighted by Crippen LogP contribution is 2.22. The number of hydrogen-bond acceptors (Lipinski definition) is 6. The Morgan fingerprint density at radius 1 is 1.43 bits per heavy atom. The Morgan fingerprint density at radius 3 is 2.43 bits per heavy atom. The number of aryl methyl sites for hydroxylation is 1. The number of aliphatic carboxylic acids is 1. The van der Waals surface area contributed by atoms with Gasteiger partial charge in [-0.15, -0.1) is 0 Å². The Labute approximate surface area is 120 Å². The van der Waals surface area contributed by atoms with Gasteiger partial charge in [-0.2, -0.15) is 4.72 Å². The number of non-ortho nitro benzene ring substituents is 1. The normalized spacial score (nSPS) is 14.4. The van der Waals surface area contributed by atoms with Gasteiger partial charge in [0.1, 0.15) is 6.04 Å². The average molecular weight is 318 g/mol. The molecule has 1 aromatic carbocycles. The van der Waals surface area contributed by atoms with Gasteiger partial charge in [-0.1, -0.05) is 6.07 Å². The van der Waals surface area contributed by atoms with E-state index in [1.54, 1.807) is 0 Å². The van der Waals surface area contributed by atoms with Gasteiger partial charge in [-0.05, 0) is 19.4 Å². The van der Waals surface area contributed by atoms with Gasteiger partial charge in [0.25, 0.3) is 5.69 Å². The standard InChI is InChI=1S/C11H14N2O7S/c1-6-3-4-8(13(17)18)5-9(6)21(19,20)12-10(7(2)14)11(15)16/h3-5,7,10,12,14H,1-2H3,(H,15,16). The molecule has 116 valence electrons. The summed E-state index contributed by atoms with van der Waals surface area (Å²) < 4.78 is 26.1. The molecule has 0 bridgehead atoms. The van der Waals surface area contributed by atoms with Gasteiger partial charge in [-0.3, -0.25) is 14.9 Å². The lowest BCUT2D eigenvalue weighted by Crippen LogP contribution is -2.47. The summed E-state index contributed by atoms with van der Waals surface area (Å²) in [5.41, 5.74) is -0.229. The molecule has 0 aliphatic rings. The third kappa shape index (κ3) is 3.97. The monoisotopic (exact) mass is 318 g/mol. The fraction of sp³-hybridized carbons (Fsp3) is 0.364. The first-order valence-electron chi connectivity index (χ1n) is 5.74. The van der Waals surface area contributed by atoms with E-state index in [9.17, 15) is 28.4 Å². The van der Waals surface area contributed by atoms with E-state index in [0.717, 1.165) is 19.1 Å². The van der Waals surface area contributed by atoms with E-state index < -0.39 is 43.6 Å². The van der Waals surface area contributed by atoms with Gasteiger partial charge >= 0.3 is 5.97 Å². The number of aliphatic hydroxyl groups is 1. The van der Waals surface area contributed by atoms with Crippen molar-refractivity contribution < 1.29 is 28.3 Å². The van der Waals surface area contributed by atoms with Crippen LogP contribution < -0.4 is 4.72 Å². The predicted molar refractivity (Wildman–Crippen MR) is 71.3 cm³/mol. The maximum atomic E-state index is 12.1. The number of nitro benzene ring substituents is 1. The van der Waals surface area contributed by atoms with E-state index in [0.29, 0.717) is 0 Å². The number of nitrogens with one attached hydrogen (secondary N) is 1. The maximum absolute atomic E-state index is 12.1. The van der Waals surface area contributed by atoms with Gasteiger partial charge < -0.3 is 10.2 Å². The molecule has 0 amide bonds. The van der Waals surface area contributed by atoms with Crippen molar-refractivity contribution in [1.82, 2.24) is 4.72 Å². The first kappa shape index (κ1) is 17.0. The van der Waals surface area contributed by atoms with Crippen LogP contribution in [0.5, 0.6) is 0 Å². The lowest BCUT2D eigenvalue weighted by Gasteiger charge is -2.17. The molecule has 0 aliphatic carbocycles. The summed E-state index contributed by atoms with van der Waals surface area (Å²) in [5.74, 6) is -1.56. The molecule has 0 saturated carbocycles. The number of carboxylic acids is 1. The highest BCUT2D eigenvalue weighted by atomic mass is 32.2. The minimum atomic E-state index is -4.33. The van der Waals surface area contributed by atoms with E-state index >= 15 is 0 Å². The van der Waals surface area contributed by atoms with Crippen molar-refractivity contribution in [3.8, 4) is 0 Å². The number of carbonyl (C=O) groups is 1. The average Bonchev–Trinajstić information content (AvgIpc) is 2.35. The molecule has 21 heavy (non-hydrogen) atoms. The zero-order valence-electron chi connectivity index (χ0n) is 11.2. The highest BCUT2D eigenvalue weighted by Gasteiger charge is 2.30. The Balaban J connectivity index is 3.27. The summed E-state index contributed by atoms with van der Waals surface area (Å²) in [6.07, 6.45) is -1.48. The number of carboxylic acid groups (broad SMARTS) is 1. The summed E-state index contributed by atoms with van der Waals surface area (Å²) in [4.78, 5) is 20.4. The molecule has 1 rings (SSSR count). The molecule has 0 fully saturated rings. The van der Waals surface area contributed by atoms with Crippen LogP contribution in [0.25, 0.3) is 0 Å². The van der Waals surface area contributed by atoms with Crippen molar-refractivity contribution >= 4 is 21.7 Å². The molecule has 1 aromatic rings. The molecule has 10 heteroatoms. The minimum Gasteiger partial charge on any atom is -0.480 e. The van der Waals surface area contributed by atoms with Gasteiger partial charge in [0.15, 0.2) is 0 Å². The van der Waals surface area contributed by atoms with Crippen LogP contribution in [-0.2, 0) is 14.8 Å². The van der Waals surface area contributed by atoms with Crippen molar-refractivity contribution in [2.75, 3.05) is 0 Å². The second-order valence-electron chi connectivity index (χ2n) is 4.38. The number of sulfonamides is 1. The predicted octanol–water partition coefficient (Wildman–Crippen LogP) is 0.0155. The zero-order chi connectivity index (χ0) is 16.4. The summed E-state index contributed by atoms with van der Waals surface area (Å²) in [5, 5.41) is 28.8. The molecular weight excluding hydrogens is 304 g/mol. The van der Waals surface area contributed by atoms with Crippen molar-refractivity contribution in [2.45, 2.75) is 30.9 Å². The summed E-state index contributed by atoms with van der Waals surface area (Å²) in [6, 6.07) is 1.45. The number of aliphatic hydroxyl groups excluding tert-OH is 1. The number of rotatable bonds is 6. The third-order valence-corrected chi connectivity index (χ3v) is 4.29. The van der Waals surface area contributed by atoms with Crippen molar-refractivity contribution in [3.63, 3.8) is 0 Å². The summed E-state index contributed by atoms with van der Waals surface area (Å²) >= 11 is 0. The van der Waals surface area contributed by atoms with E-state index in [-0.39, 0.29) is 5.56 Å². The molecule has 0 aromatic heterocycles. The van der Waals surface area contributed by atoms with Gasteiger partial charge in [0.2, 0.25) is 10.0 Å².